The number of aryl methyl sites for hydroxylation is 1. The minimum atomic E-state index is -1.00. The molecule has 0 heterocycles. The van der Waals surface area contributed by atoms with Crippen LogP contribution < -0.4 is 10.1 Å². The molecule has 1 atom stereocenters. The van der Waals surface area contributed by atoms with Crippen LogP contribution in [0.3, 0.4) is 0 Å². The smallest absolute Gasteiger partial charge is 0.305 e. The third-order valence-electron chi connectivity index (χ3n) is 4.27. The Morgan fingerprint density at radius 3 is 2.30 bits per heavy atom. The van der Waals surface area contributed by atoms with E-state index in [1.807, 2.05) is 19.1 Å². The van der Waals surface area contributed by atoms with Crippen LogP contribution in [-0.4, -0.2) is 29.9 Å². The van der Waals surface area contributed by atoms with E-state index in [1.165, 1.54) is 0 Å². The summed E-state index contributed by atoms with van der Waals surface area (Å²) < 4.78 is 5.05. The van der Waals surface area contributed by atoms with E-state index in [2.05, 4.69) is 5.32 Å². The maximum Gasteiger partial charge on any atom is 0.305 e. The number of ketones is 1. The van der Waals surface area contributed by atoms with Crippen LogP contribution in [0.15, 0.2) is 48.5 Å². The van der Waals surface area contributed by atoms with Gasteiger partial charge >= 0.3 is 5.97 Å². The Bertz CT molecular complexity index is 814. The first kappa shape index (κ1) is 20.2. The lowest BCUT2D eigenvalue weighted by molar-refractivity contribution is -0.137. The van der Waals surface area contributed by atoms with Crippen molar-refractivity contribution < 1.29 is 24.2 Å². The van der Waals surface area contributed by atoms with Crippen molar-refractivity contribution in [2.75, 3.05) is 7.11 Å². The van der Waals surface area contributed by atoms with Gasteiger partial charge in [0.15, 0.2) is 5.78 Å². The van der Waals surface area contributed by atoms with Crippen LogP contribution in [0.2, 0.25) is 0 Å². The highest BCUT2D eigenvalue weighted by molar-refractivity contribution is 5.98. The Labute approximate surface area is 158 Å². The van der Waals surface area contributed by atoms with Crippen molar-refractivity contribution in [3.63, 3.8) is 0 Å². The van der Waals surface area contributed by atoms with E-state index in [9.17, 15) is 14.4 Å². The van der Waals surface area contributed by atoms with E-state index >= 15 is 0 Å². The summed E-state index contributed by atoms with van der Waals surface area (Å²) in [6.45, 7) is 1.86. The number of hydrogen-bond acceptors (Lipinski definition) is 4. The number of ether oxygens (including phenoxy) is 1. The maximum atomic E-state index is 12.3. The molecule has 2 N–H and O–H groups in total. The number of carbonyl (C=O) groups is 3. The Hall–Kier alpha value is -3.15. The standard InChI is InChI=1S/C21H23NO5/c1-14-5-3-4-6-17(14)18(13-21(25)26)22-20(24)12-11-19(23)15-7-9-16(27-2)10-8-15/h3-10,18H,11-13H2,1-2H3,(H,22,24)(H,25,26). The number of methoxy groups -OCH3 is 1. The molecule has 2 aromatic rings. The van der Waals surface area contributed by atoms with Crippen molar-refractivity contribution in [1.29, 1.82) is 0 Å². The Balaban J connectivity index is 1.97. The van der Waals surface area contributed by atoms with Crippen molar-refractivity contribution in [2.45, 2.75) is 32.2 Å². The molecule has 0 radical (unpaired) electrons. The molecule has 2 rings (SSSR count). The normalized spacial score (nSPS) is 11.5. The highest BCUT2D eigenvalue weighted by Gasteiger charge is 2.20. The summed E-state index contributed by atoms with van der Waals surface area (Å²) in [6.07, 6.45) is -0.179. The highest BCUT2D eigenvalue weighted by atomic mass is 16.5. The Morgan fingerprint density at radius 1 is 1.04 bits per heavy atom. The van der Waals surface area contributed by atoms with E-state index in [0.29, 0.717) is 11.3 Å². The molecular weight excluding hydrogens is 346 g/mol. The van der Waals surface area contributed by atoms with E-state index in [-0.39, 0.29) is 31.0 Å². The number of carboxylic acids is 1. The largest absolute Gasteiger partial charge is 0.497 e. The van der Waals surface area contributed by atoms with Crippen molar-refractivity contribution in [1.82, 2.24) is 5.32 Å². The van der Waals surface area contributed by atoms with Crippen LogP contribution in [-0.2, 0) is 9.59 Å². The fraction of sp³-hybridized carbons (Fsp3) is 0.286. The molecule has 0 aliphatic rings. The minimum absolute atomic E-state index is 0.00708. The monoisotopic (exact) mass is 369 g/mol. The number of rotatable bonds is 9. The average molecular weight is 369 g/mol. The Kier molecular flexibility index (Phi) is 7.11. The molecule has 0 bridgehead atoms. The second-order valence-corrected chi connectivity index (χ2v) is 6.23. The van der Waals surface area contributed by atoms with Gasteiger partial charge in [-0.25, -0.2) is 0 Å². The SMILES string of the molecule is COc1ccc(C(=O)CCC(=O)NC(CC(=O)O)c2ccccc2C)cc1. The number of amides is 1. The van der Waals surface area contributed by atoms with Gasteiger partial charge < -0.3 is 15.2 Å². The summed E-state index contributed by atoms with van der Waals surface area (Å²) in [5, 5.41) is 11.9. The summed E-state index contributed by atoms with van der Waals surface area (Å²) in [5.41, 5.74) is 2.16. The molecule has 0 spiro atoms. The number of nitrogens with one attached hydrogen (secondary N) is 1. The lowest BCUT2D eigenvalue weighted by atomic mass is 9.98. The molecule has 6 heteroatoms. The molecule has 0 aromatic heterocycles. The van der Waals surface area contributed by atoms with Crippen LogP contribution in [0, 0.1) is 6.92 Å². The molecule has 142 valence electrons. The molecule has 0 fully saturated rings. The molecule has 0 saturated carbocycles. The van der Waals surface area contributed by atoms with Crippen LogP contribution in [0.4, 0.5) is 0 Å². The molecule has 27 heavy (non-hydrogen) atoms. The van der Waals surface area contributed by atoms with Gasteiger partial charge in [-0.1, -0.05) is 24.3 Å². The van der Waals surface area contributed by atoms with Gasteiger partial charge in [0.2, 0.25) is 5.91 Å². The third kappa shape index (κ3) is 5.95. The second-order valence-electron chi connectivity index (χ2n) is 6.23. The second kappa shape index (κ2) is 9.52. The van der Waals surface area contributed by atoms with Gasteiger partial charge in [-0.2, -0.15) is 0 Å². The van der Waals surface area contributed by atoms with Gasteiger partial charge in [0.1, 0.15) is 5.75 Å². The van der Waals surface area contributed by atoms with E-state index < -0.39 is 12.0 Å². The first-order valence-corrected chi connectivity index (χ1v) is 8.64. The molecule has 0 aliphatic carbocycles. The number of Topliss-reactive ketones (excluding diaryl/α,β-unsaturated/α-hetero) is 1. The minimum Gasteiger partial charge on any atom is -0.497 e. The third-order valence-corrected chi connectivity index (χ3v) is 4.27. The van der Waals surface area contributed by atoms with Crippen molar-refractivity contribution in [3.8, 4) is 5.75 Å². The van der Waals surface area contributed by atoms with E-state index in [1.54, 1.807) is 43.5 Å². The van der Waals surface area contributed by atoms with E-state index in [0.717, 1.165) is 11.1 Å². The number of aliphatic carboxylic acids is 1. The number of carboxylic acid groups (broad SMARTS) is 1. The van der Waals surface area contributed by atoms with Crippen LogP contribution in [0.1, 0.15) is 46.8 Å². The number of benzene rings is 2. The summed E-state index contributed by atoms with van der Waals surface area (Å²) in [5.74, 6) is -0.859. The summed E-state index contributed by atoms with van der Waals surface area (Å²) in [6, 6.07) is 13.4. The first-order chi connectivity index (χ1) is 12.9. The number of hydrogen-bond donors (Lipinski definition) is 2. The zero-order valence-electron chi connectivity index (χ0n) is 15.4. The molecule has 1 amide bonds. The lowest BCUT2D eigenvalue weighted by Crippen LogP contribution is -2.30. The summed E-state index contributed by atoms with van der Waals surface area (Å²) >= 11 is 0. The van der Waals surface area contributed by atoms with Crippen molar-refractivity contribution in [2.24, 2.45) is 0 Å². The van der Waals surface area contributed by atoms with Crippen LogP contribution in [0.5, 0.6) is 5.75 Å². The van der Waals surface area contributed by atoms with Crippen molar-refractivity contribution in [3.05, 3.63) is 65.2 Å². The summed E-state index contributed by atoms with van der Waals surface area (Å²) in [7, 11) is 1.54. The predicted octanol–water partition coefficient (Wildman–Crippen LogP) is 3.30. The van der Waals surface area contributed by atoms with Gasteiger partial charge in [0.05, 0.1) is 19.6 Å². The van der Waals surface area contributed by atoms with Gasteiger partial charge in [-0.05, 0) is 42.3 Å². The highest BCUT2D eigenvalue weighted by Crippen LogP contribution is 2.21. The van der Waals surface area contributed by atoms with Crippen molar-refractivity contribution >= 4 is 17.7 Å². The Morgan fingerprint density at radius 2 is 1.70 bits per heavy atom. The fourth-order valence-electron chi connectivity index (χ4n) is 2.81. The zero-order chi connectivity index (χ0) is 19.8. The molecular formula is C21H23NO5. The van der Waals surface area contributed by atoms with Gasteiger partial charge in [0.25, 0.3) is 0 Å². The quantitative estimate of drug-likeness (QED) is 0.662. The molecule has 6 nitrogen and oxygen atoms in total. The topological polar surface area (TPSA) is 92.7 Å². The fourth-order valence-corrected chi connectivity index (χ4v) is 2.81. The molecule has 1 unspecified atom stereocenters. The maximum absolute atomic E-state index is 12.3. The first-order valence-electron chi connectivity index (χ1n) is 8.64. The van der Waals surface area contributed by atoms with Crippen LogP contribution in [0.25, 0.3) is 0 Å². The van der Waals surface area contributed by atoms with Crippen LogP contribution >= 0.6 is 0 Å². The number of carbonyl (C=O) groups excluding carboxylic acids is 2. The average Bonchev–Trinajstić information content (AvgIpc) is 2.65. The van der Waals surface area contributed by atoms with Gasteiger partial charge in [-0.3, -0.25) is 14.4 Å². The molecule has 2 aromatic carbocycles. The zero-order valence-corrected chi connectivity index (χ0v) is 15.4. The lowest BCUT2D eigenvalue weighted by Gasteiger charge is -2.19. The molecule has 0 aliphatic heterocycles. The predicted molar refractivity (Wildman–Crippen MR) is 101 cm³/mol. The molecule has 0 saturated heterocycles. The summed E-state index contributed by atoms with van der Waals surface area (Å²) in [4.78, 5) is 35.7. The van der Waals surface area contributed by atoms with Gasteiger partial charge in [0, 0.05) is 18.4 Å². The van der Waals surface area contributed by atoms with Gasteiger partial charge in [-0.15, -0.1) is 0 Å². The van der Waals surface area contributed by atoms with E-state index in [4.69, 9.17) is 9.84 Å².